The monoisotopic (exact) mass is 242 g/mol. The molecule has 0 spiro atoms. The van der Waals surface area contributed by atoms with Gasteiger partial charge in [-0.15, -0.1) is 11.8 Å². The fraction of sp³-hybridized carbons (Fsp3) is 0.143. The SMILES string of the molecule is CB(O)c1ccc(CSc2ccccc2)cc1. The molecule has 0 saturated heterocycles. The van der Waals surface area contributed by atoms with Gasteiger partial charge in [-0.3, -0.25) is 0 Å². The van der Waals surface area contributed by atoms with Gasteiger partial charge in [-0.25, -0.2) is 0 Å². The van der Waals surface area contributed by atoms with Gasteiger partial charge < -0.3 is 5.02 Å². The summed E-state index contributed by atoms with van der Waals surface area (Å²) in [6.45, 7) is 1.40. The van der Waals surface area contributed by atoms with Gasteiger partial charge in [0, 0.05) is 10.6 Å². The minimum absolute atomic E-state index is 0.383. The second kappa shape index (κ2) is 5.94. The Morgan fingerprint density at radius 1 is 1.00 bits per heavy atom. The Hall–Kier alpha value is -1.19. The summed E-state index contributed by atoms with van der Waals surface area (Å²) in [5.74, 6) is 0.962. The summed E-state index contributed by atoms with van der Waals surface area (Å²) in [5, 5.41) is 9.42. The maximum Gasteiger partial charge on any atom is 0.320 e. The van der Waals surface area contributed by atoms with E-state index in [1.165, 1.54) is 10.5 Å². The summed E-state index contributed by atoms with van der Waals surface area (Å²) in [7, 11) is 0. The predicted molar refractivity (Wildman–Crippen MR) is 75.9 cm³/mol. The topological polar surface area (TPSA) is 20.2 Å². The first-order valence-corrected chi connectivity index (χ1v) is 6.69. The lowest BCUT2D eigenvalue weighted by atomic mass is 9.64. The summed E-state index contributed by atoms with van der Waals surface area (Å²) >= 11 is 1.83. The Morgan fingerprint density at radius 2 is 1.65 bits per heavy atom. The van der Waals surface area contributed by atoms with E-state index in [1.807, 2.05) is 30.0 Å². The van der Waals surface area contributed by atoms with Gasteiger partial charge in [0.15, 0.2) is 0 Å². The standard InChI is InChI=1S/C14H15BOS/c1-15(16)13-9-7-12(8-10-13)11-17-14-5-3-2-4-6-14/h2-10,16H,11H2,1H3. The molecular weight excluding hydrogens is 227 g/mol. The molecule has 86 valence electrons. The molecule has 0 aliphatic heterocycles. The summed E-state index contributed by atoms with van der Waals surface area (Å²) in [6, 6.07) is 18.5. The third kappa shape index (κ3) is 3.65. The van der Waals surface area contributed by atoms with E-state index in [9.17, 15) is 5.02 Å². The van der Waals surface area contributed by atoms with Crippen LogP contribution in [0.25, 0.3) is 0 Å². The molecule has 0 heterocycles. The van der Waals surface area contributed by atoms with Gasteiger partial charge in [0.25, 0.3) is 0 Å². The molecule has 0 amide bonds. The van der Waals surface area contributed by atoms with Crippen LogP contribution in [0.5, 0.6) is 0 Å². The summed E-state index contributed by atoms with van der Waals surface area (Å²) in [6.07, 6.45) is 0. The lowest BCUT2D eigenvalue weighted by Gasteiger charge is -2.04. The average Bonchev–Trinajstić information content (AvgIpc) is 2.38. The molecule has 17 heavy (non-hydrogen) atoms. The quantitative estimate of drug-likeness (QED) is 0.657. The zero-order valence-electron chi connectivity index (χ0n) is 9.84. The third-order valence-electron chi connectivity index (χ3n) is 2.61. The number of thioether (sulfide) groups is 1. The van der Waals surface area contributed by atoms with E-state index in [2.05, 4.69) is 36.4 Å². The van der Waals surface area contributed by atoms with Crippen molar-refractivity contribution in [1.29, 1.82) is 0 Å². The number of benzene rings is 2. The van der Waals surface area contributed by atoms with Crippen LogP contribution >= 0.6 is 11.8 Å². The van der Waals surface area contributed by atoms with Gasteiger partial charge in [0.1, 0.15) is 0 Å². The summed E-state index contributed by atoms with van der Waals surface area (Å²) in [5.41, 5.74) is 2.25. The Labute approximate surface area is 107 Å². The first-order chi connectivity index (χ1) is 8.25. The minimum Gasteiger partial charge on any atom is -0.447 e. The average molecular weight is 242 g/mol. The molecular formula is C14H15BOS. The normalized spacial score (nSPS) is 10.2. The van der Waals surface area contributed by atoms with E-state index in [0.717, 1.165) is 11.2 Å². The minimum atomic E-state index is -0.383. The molecule has 2 aromatic carbocycles. The van der Waals surface area contributed by atoms with Crippen molar-refractivity contribution in [3.05, 3.63) is 60.2 Å². The van der Waals surface area contributed by atoms with Gasteiger partial charge in [-0.05, 0) is 23.2 Å². The van der Waals surface area contributed by atoms with Gasteiger partial charge in [0.2, 0.25) is 0 Å². The highest BCUT2D eigenvalue weighted by molar-refractivity contribution is 7.98. The molecule has 0 bridgehead atoms. The molecule has 3 heteroatoms. The van der Waals surface area contributed by atoms with Gasteiger partial charge >= 0.3 is 6.92 Å². The zero-order valence-corrected chi connectivity index (χ0v) is 10.7. The van der Waals surface area contributed by atoms with Crippen LogP contribution in [0.2, 0.25) is 6.82 Å². The molecule has 0 aliphatic carbocycles. The number of rotatable bonds is 4. The Morgan fingerprint density at radius 3 is 2.24 bits per heavy atom. The zero-order chi connectivity index (χ0) is 12.1. The molecule has 0 radical (unpaired) electrons. The van der Waals surface area contributed by atoms with E-state index in [-0.39, 0.29) is 6.92 Å². The second-order valence-corrected chi connectivity index (χ2v) is 5.07. The summed E-state index contributed by atoms with van der Waals surface area (Å²) in [4.78, 5) is 1.28. The van der Waals surface area contributed by atoms with Crippen LogP contribution in [0.4, 0.5) is 0 Å². The lowest BCUT2D eigenvalue weighted by Crippen LogP contribution is -2.25. The smallest absolute Gasteiger partial charge is 0.320 e. The van der Waals surface area contributed by atoms with Crippen molar-refractivity contribution in [2.45, 2.75) is 17.5 Å². The Bertz CT molecular complexity index is 453. The van der Waals surface area contributed by atoms with Crippen molar-refractivity contribution < 1.29 is 5.02 Å². The third-order valence-corrected chi connectivity index (χ3v) is 3.69. The fourth-order valence-electron chi connectivity index (χ4n) is 1.58. The predicted octanol–water partition coefficient (Wildman–Crippen LogP) is 2.80. The van der Waals surface area contributed by atoms with Gasteiger partial charge in [-0.1, -0.05) is 49.3 Å². The van der Waals surface area contributed by atoms with Crippen LogP contribution in [0, 0.1) is 0 Å². The van der Waals surface area contributed by atoms with E-state index in [4.69, 9.17) is 0 Å². The van der Waals surface area contributed by atoms with E-state index < -0.39 is 0 Å². The van der Waals surface area contributed by atoms with Crippen molar-refractivity contribution in [1.82, 2.24) is 0 Å². The Kier molecular flexibility index (Phi) is 4.29. The first-order valence-electron chi connectivity index (χ1n) is 5.70. The first kappa shape index (κ1) is 12.3. The fourth-order valence-corrected chi connectivity index (χ4v) is 2.45. The molecule has 0 fully saturated rings. The molecule has 2 aromatic rings. The molecule has 0 aromatic heterocycles. The van der Waals surface area contributed by atoms with E-state index in [1.54, 1.807) is 6.82 Å². The van der Waals surface area contributed by atoms with Crippen molar-refractivity contribution in [2.24, 2.45) is 0 Å². The van der Waals surface area contributed by atoms with Crippen LogP contribution in [0.1, 0.15) is 5.56 Å². The summed E-state index contributed by atoms with van der Waals surface area (Å²) < 4.78 is 0. The van der Waals surface area contributed by atoms with Crippen LogP contribution in [0.3, 0.4) is 0 Å². The molecule has 2 rings (SSSR count). The highest BCUT2D eigenvalue weighted by atomic mass is 32.2. The van der Waals surface area contributed by atoms with Crippen molar-refractivity contribution in [2.75, 3.05) is 0 Å². The molecule has 0 aliphatic rings. The number of hydrogen-bond donors (Lipinski definition) is 1. The highest BCUT2D eigenvalue weighted by Gasteiger charge is 2.05. The van der Waals surface area contributed by atoms with Crippen molar-refractivity contribution in [3.63, 3.8) is 0 Å². The maximum atomic E-state index is 9.42. The maximum absolute atomic E-state index is 9.42. The van der Waals surface area contributed by atoms with Crippen LogP contribution in [0.15, 0.2) is 59.5 Å². The highest BCUT2D eigenvalue weighted by Crippen LogP contribution is 2.21. The van der Waals surface area contributed by atoms with E-state index in [0.29, 0.717) is 0 Å². The van der Waals surface area contributed by atoms with Crippen LogP contribution < -0.4 is 5.46 Å². The molecule has 1 N–H and O–H groups in total. The largest absolute Gasteiger partial charge is 0.447 e. The molecule has 0 unspecified atom stereocenters. The molecule has 1 nitrogen and oxygen atoms in total. The van der Waals surface area contributed by atoms with Crippen molar-refractivity contribution >= 4 is 24.1 Å². The van der Waals surface area contributed by atoms with Crippen LogP contribution in [-0.2, 0) is 5.75 Å². The van der Waals surface area contributed by atoms with Crippen LogP contribution in [-0.4, -0.2) is 11.9 Å². The lowest BCUT2D eigenvalue weighted by molar-refractivity contribution is 0.594. The second-order valence-electron chi connectivity index (χ2n) is 4.02. The van der Waals surface area contributed by atoms with E-state index >= 15 is 0 Å². The molecule has 0 saturated carbocycles. The molecule has 0 atom stereocenters. The van der Waals surface area contributed by atoms with Gasteiger partial charge in [0.05, 0.1) is 0 Å². The van der Waals surface area contributed by atoms with Crippen molar-refractivity contribution in [3.8, 4) is 0 Å². The van der Waals surface area contributed by atoms with Gasteiger partial charge in [-0.2, -0.15) is 0 Å². The Balaban J connectivity index is 1.96. The number of hydrogen-bond acceptors (Lipinski definition) is 2.